The summed E-state index contributed by atoms with van der Waals surface area (Å²) < 4.78 is 77.2. The molecule has 8 fully saturated rings. The number of anilines is 2. The summed E-state index contributed by atoms with van der Waals surface area (Å²) in [5, 5.41) is 12.3. The number of hydrogen-bond acceptors (Lipinski definition) is 24. The molecule has 12 heterocycles. The lowest BCUT2D eigenvalue weighted by Crippen LogP contribution is -2.47. The summed E-state index contributed by atoms with van der Waals surface area (Å²) in [5.41, 5.74) is 2.77. The number of epoxide rings is 8. The van der Waals surface area contributed by atoms with E-state index in [2.05, 4.69) is 85.6 Å². The quantitative estimate of drug-likeness (QED) is 0.0155. The van der Waals surface area contributed by atoms with Crippen LogP contribution in [0.25, 0.3) is 43.1 Å². The fourth-order valence-corrected chi connectivity index (χ4v) is 22.9. The van der Waals surface area contributed by atoms with Crippen molar-refractivity contribution in [1.29, 1.82) is 0 Å². The minimum Gasteiger partial charge on any atom is -0.457 e. The maximum absolute atomic E-state index is 17.2. The number of nitrogens with one attached hydrogen (secondary N) is 2. The molecule has 0 bridgehead atoms. The van der Waals surface area contributed by atoms with E-state index in [4.69, 9.17) is 80.0 Å². The second kappa shape index (κ2) is 37.7. The Morgan fingerprint density at radius 1 is 0.331 bits per heavy atom. The highest BCUT2D eigenvalue weighted by atomic mass is 35.5. The molecule has 11 aromatic carbocycles. The predicted molar refractivity (Wildman–Crippen MR) is 545 cm³/mol. The Morgan fingerprint density at radius 2 is 0.549 bits per heavy atom. The van der Waals surface area contributed by atoms with Crippen LogP contribution in [0.5, 0.6) is 46.0 Å². The van der Waals surface area contributed by atoms with E-state index < -0.39 is 69.2 Å². The van der Waals surface area contributed by atoms with Gasteiger partial charge in [-0.05, 0) is 166 Å². The Hall–Kier alpha value is -11.4. The van der Waals surface area contributed by atoms with E-state index in [1.807, 2.05) is 97.1 Å². The Kier molecular flexibility index (Phi) is 25.0. The van der Waals surface area contributed by atoms with E-state index in [0.29, 0.717) is 133 Å². The zero-order valence-corrected chi connectivity index (χ0v) is 83.3. The van der Waals surface area contributed by atoms with Gasteiger partial charge in [0.25, 0.3) is 35.4 Å². The van der Waals surface area contributed by atoms with Crippen molar-refractivity contribution >= 4 is 136 Å². The Bertz CT molecular complexity index is 6240. The van der Waals surface area contributed by atoms with Crippen LogP contribution in [0.15, 0.2) is 205 Å². The van der Waals surface area contributed by atoms with Crippen molar-refractivity contribution < 1.29 is 85.6 Å². The summed E-state index contributed by atoms with van der Waals surface area (Å²) in [7, 11) is 0. The van der Waals surface area contributed by atoms with E-state index in [9.17, 15) is 0 Å². The number of ether oxygens (including phenoxy) is 12. The number of carbonyl (C=O) groups is 6. The van der Waals surface area contributed by atoms with Gasteiger partial charge in [-0.2, -0.15) is 0 Å². The molecule has 0 spiro atoms. The average molecular weight is 1990 g/mol. The molecule has 6 amide bonds. The summed E-state index contributed by atoms with van der Waals surface area (Å²) in [6.45, 7) is 31.9. The molecule has 30 heteroatoms. The third-order valence-electron chi connectivity index (χ3n) is 28.7. The lowest BCUT2D eigenvalue weighted by Gasteiger charge is -2.35. The van der Waals surface area contributed by atoms with Crippen molar-refractivity contribution in [3.8, 4) is 46.0 Å². The van der Waals surface area contributed by atoms with Crippen molar-refractivity contribution in [1.82, 2.24) is 29.4 Å². The fraction of sp³-hybridized carbons (Fsp3) is 0.375. The predicted octanol–water partition coefficient (Wildman–Crippen LogP) is 19.8. The summed E-state index contributed by atoms with van der Waals surface area (Å²) >= 11 is 15.4. The number of thiophene rings is 2. The fourth-order valence-electron chi connectivity index (χ4n) is 21.0. The largest absolute Gasteiger partial charge is 0.457 e. The molecule has 23 rings (SSSR count). The number of rotatable bonds is 44. The monoisotopic (exact) mass is 1990 g/mol. The van der Waals surface area contributed by atoms with Crippen LogP contribution >= 0.6 is 45.9 Å². The minimum atomic E-state index is -1.59. The highest BCUT2D eigenvalue weighted by molar-refractivity contribution is 7.10. The normalized spacial score (nSPS) is 20.9. The molecule has 142 heavy (non-hydrogen) atoms. The molecule has 0 saturated carbocycles. The summed E-state index contributed by atoms with van der Waals surface area (Å²) in [6, 6.07) is 54.9. The van der Waals surface area contributed by atoms with Gasteiger partial charge in [-0.1, -0.05) is 139 Å². The zero-order chi connectivity index (χ0) is 97.5. The first-order valence-electron chi connectivity index (χ1n) is 48.8. The zero-order valence-electron chi connectivity index (χ0n) is 80.1. The number of nitrogens with zero attached hydrogens (tertiary/aromatic N) is 6. The van der Waals surface area contributed by atoms with Gasteiger partial charge < -0.3 is 67.5 Å². The number of hydrogen-bond donors (Lipinski definition) is 2. The van der Waals surface area contributed by atoms with Crippen molar-refractivity contribution in [2.75, 3.05) is 142 Å². The SMILES string of the molecule is CC(C)(CN(CC1CO1)CC1CO1)c1ccc(Oc2cc3c4c(cc(Oc5ccc(C(C)(C)CN(CC6CO6)CC6CO6)cc5)c5c6c(Oc7ccc(C(C)(C)CN(CC8CO8)CC8CO8)cc7)cc7c8c(cc(Oc9ccc(C(C)(C)CN(CC%10CO%10)CC%10CO%10)cc9)c(c2c45)c86)C(=O)N(C(C(=O)Nc2ccc(Cl)cc2)c2cccs2)C7=O)C(=O)N(C(C(=O)Nc2ccc(Cl)cc2)c2cccs2)C3=O)cc1. The minimum absolute atomic E-state index is 0.0371. The molecule has 10 unspecified atom stereocenters. The second-order valence-electron chi connectivity index (χ2n) is 41.9. The van der Waals surface area contributed by atoms with E-state index in [0.717, 1.165) is 84.4 Å². The lowest BCUT2D eigenvalue weighted by atomic mass is 9.80. The Morgan fingerprint density at radius 3 is 0.746 bits per heavy atom. The Balaban J connectivity index is 0.781. The number of benzene rings is 11. The van der Waals surface area contributed by atoms with Gasteiger partial charge in [0.1, 0.15) is 46.0 Å². The van der Waals surface area contributed by atoms with Crippen molar-refractivity contribution in [3.05, 3.63) is 269 Å². The summed E-state index contributed by atoms with van der Waals surface area (Å²) in [5.74, 6) is -3.29. The molecule has 10 aliphatic heterocycles. The van der Waals surface area contributed by atoms with Crippen LogP contribution in [0.4, 0.5) is 11.4 Å². The molecule has 732 valence electrons. The Labute approximate surface area is 840 Å². The van der Waals surface area contributed by atoms with Gasteiger partial charge in [-0.25, -0.2) is 0 Å². The molecule has 26 nitrogen and oxygen atoms in total. The van der Waals surface area contributed by atoms with Gasteiger partial charge in [0.2, 0.25) is 0 Å². The maximum Gasteiger partial charge on any atom is 0.262 e. The van der Waals surface area contributed by atoms with Crippen LogP contribution in [-0.2, 0) is 69.1 Å². The molecule has 0 radical (unpaired) electrons. The molecular formula is C112H110Cl2N8O18S2. The van der Waals surface area contributed by atoms with Gasteiger partial charge in [-0.3, -0.25) is 58.2 Å². The maximum atomic E-state index is 17.2. The number of carbonyl (C=O) groups excluding carboxylic acids is 6. The first-order chi connectivity index (χ1) is 68.5. The van der Waals surface area contributed by atoms with Crippen LogP contribution < -0.4 is 29.6 Å². The van der Waals surface area contributed by atoms with E-state index >= 15 is 28.8 Å². The first-order valence-corrected chi connectivity index (χ1v) is 51.3. The molecule has 2 aromatic heterocycles. The third-order valence-corrected chi connectivity index (χ3v) is 31.0. The van der Waals surface area contributed by atoms with E-state index in [1.54, 1.807) is 108 Å². The number of fused-ring (bicyclic) bond motifs is 2. The molecule has 2 N–H and O–H groups in total. The van der Waals surface area contributed by atoms with Crippen LogP contribution in [0.2, 0.25) is 10.0 Å². The van der Waals surface area contributed by atoms with Crippen LogP contribution in [0, 0.1) is 0 Å². The topological polar surface area (TPSA) is 283 Å². The highest BCUT2D eigenvalue weighted by Gasteiger charge is 2.50. The van der Waals surface area contributed by atoms with Gasteiger partial charge >= 0.3 is 0 Å². The van der Waals surface area contributed by atoms with E-state index in [1.165, 1.54) is 22.7 Å². The molecule has 13 aromatic rings. The summed E-state index contributed by atoms with van der Waals surface area (Å²) in [6.07, 6.45) is 1.08. The second-order valence-corrected chi connectivity index (χ2v) is 44.8. The standard InChI is InChI=1S/C112H110Cl2N8O18S2/c1-109(2,59-117(43-75-51-129-75)44-76-52-130-76)63-13-29-71(30-14-63)137-87-39-83-93-84(106(126)121(105(83)125)101(91-11-9-37-141-91)103(123)115-69-25-21-67(113)22-26-69)41-89(139-73-33-17-65(18-34-73)111(5,6)61-119(47-79-55-133-79)48-80-56-134-80)97-98-90(140-74-35-19-66(20-36-74)112(7,8)62-120(49-81-57-135-81)50-82-58-136-82)42-86-94-85(107(127)122(108(86)128)102(92-12-10-38-142-92)104(124)116-70-27-23-68(114)24-28-70)40-88(96(100(94)98)95(87)99(93)97)138-72-31-15-64(16-32-72)110(3,4)60-118(45-77-53-131-77)46-78-54-132-78/h9-42,75-82,101-102H,43-62H2,1-8H3,(H,115,123)(H,116,124). The van der Waals surface area contributed by atoms with Crippen molar-refractivity contribution in [2.24, 2.45) is 0 Å². The smallest absolute Gasteiger partial charge is 0.262 e. The first kappa shape index (κ1) is 94.2. The molecule has 10 atom stereocenters. The molecule has 10 aliphatic rings. The lowest BCUT2D eigenvalue weighted by molar-refractivity contribution is -0.120. The molecular weight excluding hydrogens is 1880 g/mol. The van der Waals surface area contributed by atoms with Crippen LogP contribution in [0.1, 0.15) is 141 Å². The number of imide groups is 2. The number of halogens is 2. The van der Waals surface area contributed by atoms with Gasteiger partial charge in [0, 0.05) is 174 Å². The van der Waals surface area contributed by atoms with Gasteiger partial charge in [-0.15, -0.1) is 22.7 Å². The van der Waals surface area contributed by atoms with Crippen LogP contribution in [0.3, 0.4) is 0 Å². The van der Waals surface area contributed by atoms with Crippen molar-refractivity contribution in [2.45, 2.75) is 138 Å². The average Bonchev–Trinajstić information content (AvgIpc) is 1.28. The van der Waals surface area contributed by atoms with Gasteiger partial charge in [0.05, 0.1) is 124 Å². The molecule has 8 saturated heterocycles. The van der Waals surface area contributed by atoms with Crippen LogP contribution in [-0.4, -0.2) is 245 Å². The molecule has 0 aliphatic carbocycles. The summed E-state index contributed by atoms with van der Waals surface area (Å²) in [4.78, 5) is 113. The highest BCUT2D eigenvalue weighted by Crippen LogP contribution is 2.60. The van der Waals surface area contributed by atoms with Gasteiger partial charge in [0.15, 0.2) is 12.1 Å². The van der Waals surface area contributed by atoms with E-state index in [-0.39, 0.29) is 137 Å². The third kappa shape index (κ3) is 20.1. The number of amides is 6. The van der Waals surface area contributed by atoms with Crippen molar-refractivity contribution in [3.63, 3.8) is 0 Å².